The first kappa shape index (κ1) is 26.1. The molecule has 0 aliphatic heterocycles. The maximum absolute atomic E-state index is 13.4. The number of aryl methyl sites for hydroxylation is 2. The van der Waals surface area contributed by atoms with E-state index < -0.39 is 24.4 Å². The van der Waals surface area contributed by atoms with Crippen LogP contribution in [0, 0.1) is 12.3 Å². The minimum Gasteiger partial charge on any atom is -0.484 e. The number of hydrogen-bond donors (Lipinski definition) is 0. The number of rotatable bonds is 7. The second kappa shape index (κ2) is 10.4. The summed E-state index contributed by atoms with van der Waals surface area (Å²) in [7, 11) is 1.65. The summed E-state index contributed by atoms with van der Waals surface area (Å²) in [6, 6.07) is 3.00. The van der Waals surface area contributed by atoms with E-state index in [2.05, 4.69) is 0 Å². The Bertz CT molecular complexity index is 958. The molecule has 1 aromatic rings. The van der Waals surface area contributed by atoms with Crippen LogP contribution in [0.15, 0.2) is 17.9 Å². The number of halogens is 3. The highest BCUT2D eigenvalue weighted by Gasteiger charge is 2.50. The van der Waals surface area contributed by atoms with Crippen molar-refractivity contribution in [2.75, 3.05) is 20.3 Å². The molecule has 0 radical (unpaired) electrons. The summed E-state index contributed by atoms with van der Waals surface area (Å²) in [5, 5.41) is 0. The molecule has 1 aromatic carbocycles. The number of methoxy groups -OCH3 is 1. The van der Waals surface area contributed by atoms with Crippen LogP contribution in [0.3, 0.4) is 0 Å². The normalized spacial score (nSPS) is 22.9. The van der Waals surface area contributed by atoms with Gasteiger partial charge in [0.25, 0.3) is 0 Å². The molecule has 9 heteroatoms. The number of allylic oxidation sites excluding steroid dienone is 2. The van der Waals surface area contributed by atoms with Crippen LogP contribution in [0.4, 0.5) is 18.0 Å². The van der Waals surface area contributed by atoms with Crippen LogP contribution in [0.5, 0.6) is 5.75 Å². The SMILES string of the molecule is CCOC(=O)OC1=C(c2c(C)cc(OCC(F)(F)F)cc2CC)C(=O)CC12CCC(OC)CC2. The molecule has 0 aromatic heterocycles. The lowest BCUT2D eigenvalue weighted by Gasteiger charge is -2.37. The van der Waals surface area contributed by atoms with Gasteiger partial charge in [-0.25, -0.2) is 4.79 Å². The standard InChI is InChI=1S/C25H31F3O6/c1-5-16-12-18(33-14-25(26,27)28)11-15(3)20(16)21-19(29)13-24(9-7-17(31-4)8-10-24)22(21)34-23(30)32-6-2/h11-12,17H,5-10,13-14H2,1-4H3. The maximum Gasteiger partial charge on any atom is 0.513 e. The molecule has 0 bridgehead atoms. The molecule has 188 valence electrons. The molecule has 0 atom stereocenters. The Morgan fingerprint density at radius 1 is 1.18 bits per heavy atom. The molecule has 0 N–H and O–H groups in total. The van der Waals surface area contributed by atoms with Crippen molar-refractivity contribution >= 4 is 17.5 Å². The van der Waals surface area contributed by atoms with Crippen molar-refractivity contribution in [2.45, 2.75) is 71.6 Å². The highest BCUT2D eigenvalue weighted by atomic mass is 19.4. The lowest BCUT2D eigenvalue weighted by Crippen LogP contribution is -2.32. The first-order valence-electron chi connectivity index (χ1n) is 11.5. The molecular formula is C25H31F3O6. The van der Waals surface area contributed by atoms with E-state index in [0.717, 1.165) is 12.8 Å². The molecule has 0 heterocycles. The van der Waals surface area contributed by atoms with Crippen molar-refractivity contribution in [3.8, 4) is 5.75 Å². The van der Waals surface area contributed by atoms with Crippen LogP contribution in [-0.4, -0.2) is 44.5 Å². The van der Waals surface area contributed by atoms with Gasteiger partial charge in [0.15, 0.2) is 12.4 Å². The van der Waals surface area contributed by atoms with Crippen LogP contribution in [-0.2, 0) is 25.4 Å². The number of hydrogen-bond acceptors (Lipinski definition) is 6. The zero-order valence-electron chi connectivity index (χ0n) is 20.0. The number of carbonyl (C=O) groups excluding carboxylic acids is 2. The minimum atomic E-state index is -4.46. The molecule has 3 rings (SSSR count). The molecule has 1 spiro atoms. The van der Waals surface area contributed by atoms with E-state index in [1.165, 1.54) is 12.1 Å². The van der Waals surface area contributed by atoms with Gasteiger partial charge in [-0.15, -0.1) is 0 Å². The molecule has 0 unspecified atom stereocenters. The second-order valence-corrected chi connectivity index (χ2v) is 8.84. The van der Waals surface area contributed by atoms with Crippen molar-refractivity contribution in [1.82, 2.24) is 0 Å². The van der Waals surface area contributed by atoms with E-state index >= 15 is 0 Å². The number of carbonyl (C=O) groups is 2. The summed E-state index contributed by atoms with van der Waals surface area (Å²) >= 11 is 0. The Balaban J connectivity index is 2.10. The number of benzene rings is 1. The third kappa shape index (κ3) is 5.56. The highest BCUT2D eigenvalue weighted by molar-refractivity contribution is 6.25. The van der Waals surface area contributed by atoms with E-state index in [9.17, 15) is 22.8 Å². The zero-order chi connectivity index (χ0) is 25.1. The fraction of sp³-hybridized carbons (Fsp3) is 0.600. The quantitative estimate of drug-likeness (QED) is 0.447. The summed E-state index contributed by atoms with van der Waals surface area (Å²) in [5.74, 6) is 0.217. The Morgan fingerprint density at radius 2 is 1.85 bits per heavy atom. The predicted octanol–water partition coefficient (Wildman–Crippen LogP) is 5.93. The molecule has 2 aliphatic carbocycles. The van der Waals surface area contributed by atoms with E-state index in [4.69, 9.17) is 18.9 Å². The highest BCUT2D eigenvalue weighted by Crippen LogP contribution is 2.55. The van der Waals surface area contributed by atoms with Gasteiger partial charge in [-0.2, -0.15) is 13.2 Å². The molecule has 0 amide bonds. The van der Waals surface area contributed by atoms with E-state index in [-0.39, 0.29) is 30.7 Å². The number of ketones is 1. The molecule has 2 aliphatic rings. The molecule has 34 heavy (non-hydrogen) atoms. The Kier molecular flexibility index (Phi) is 7.95. The smallest absolute Gasteiger partial charge is 0.484 e. The fourth-order valence-corrected chi connectivity index (χ4v) is 5.00. The first-order chi connectivity index (χ1) is 16.0. The lowest BCUT2D eigenvalue weighted by atomic mass is 9.71. The molecule has 6 nitrogen and oxygen atoms in total. The minimum absolute atomic E-state index is 0.0737. The van der Waals surface area contributed by atoms with Crippen molar-refractivity contribution < 1.29 is 41.7 Å². The predicted molar refractivity (Wildman–Crippen MR) is 118 cm³/mol. The van der Waals surface area contributed by atoms with Gasteiger partial charge in [0.1, 0.15) is 11.5 Å². The summed E-state index contributed by atoms with van der Waals surface area (Å²) in [6.45, 7) is 3.94. The van der Waals surface area contributed by atoms with Crippen molar-refractivity contribution in [3.05, 3.63) is 34.6 Å². The van der Waals surface area contributed by atoms with Gasteiger partial charge in [-0.3, -0.25) is 4.79 Å². The molecular weight excluding hydrogens is 453 g/mol. The van der Waals surface area contributed by atoms with Gasteiger partial charge in [-0.05, 0) is 74.8 Å². The molecule has 1 fully saturated rings. The third-order valence-corrected chi connectivity index (χ3v) is 6.58. The second-order valence-electron chi connectivity index (χ2n) is 8.84. The Hall–Kier alpha value is -2.55. The van der Waals surface area contributed by atoms with Gasteiger partial charge < -0.3 is 18.9 Å². The Morgan fingerprint density at radius 3 is 2.41 bits per heavy atom. The van der Waals surface area contributed by atoms with Gasteiger partial charge >= 0.3 is 12.3 Å². The van der Waals surface area contributed by atoms with Gasteiger partial charge in [0.05, 0.1) is 18.3 Å². The monoisotopic (exact) mass is 484 g/mol. The number of ether oxygens (including phenoxy) is 4. The van der Waals surface area contributed by atoms with Crippen LogP contribution in [0.25, 0.3) is 5.57 Å². The largest absolute Gasteiger partial charge is 0.513 e. The van der Waals surface area contributed by atoms with E-state index in [1.807, 2.05) is 6.92 Å². The van der Waals surface area contributed by atoms with Crippen LogP contribution >= 0.6 is 0 Å². The van der Waals surface area contributed by atoms with Gasteiger partial charge in [0.2, 0.25) is 0 Å². The molecule has 1 saturated carbocycles. The number of alkyl halides is 3. The first-order valence-corrected chi connectivity index (χ1v) is 11.5. The average molecular weight is 485 g/mol. The van der Waals surface area contributed by atoms with E-state index in [1.54, 1.807) is 21.0 Å². The van der Waals surface area contributed by atoms with Crippen molar-refractivity contribution in [3.63, 3.8) is 0 Å². The van der Waals surface area contributed by atoms with Crippen LogP contribution in [0.1, 0.15) is 62.6 Å². The summed E-state index contributed by atoms with van der Waals surface area (Å²) in [5.41, 5.74) is 1.47. The lowest BCUT2D eigenvalue weighted by molar-refractivity contribution is -0.153. The van der Waals surface area contributed by atoms with Crippen molar-refractivity contribution in [1.29, 1.82) is 0 Å². The maximum atomic E-state index is 13.4. The van der Waals surface area contributed by atoms with Crippen molar-refractivity contribution in [2.24, 2.45) is 5.41 Å². The Labute approximate surface area is 197 Å². The summed E-state index contributed by atoms with van der Waals surface area (Å²) in [4.78, 5) is 25.8. The average Bonchev–Trinajstić information content (AvgIpc) is 3.02. The summed E-state index contributed by atoms with van der Waals surface area (Å²) < 4.78 is 59.1. The summed E-state index contributed by atoms with van der Waals surface area (Å²) in [6.07, 6.45) is -1.95. The van der Waals surface area contributed by atoms with E-state index in [0.29, 0.717) is 47.3 Å². The fourth-order valence-electron chi connectivity index (χ4n) is 5.00. The van der Waals surface area contributed by atoms with Gasteiger partial charge in [-0.1, -0.05) is 6.92 Å². The van der Waals surface area contributed by atoms with Crippen LogP contribution in [0.2, 0.25) is 0 Å². The molecule has 0 saturated heterocycles. The topological polar surface area (TPSA) is 71.1 Å². The third-order valence-electron chi connectivity index (χ3n) is 6.58. The number of Topliss-reactive ketones (excluding diaryl/α,β-unsaturated/α-hetero) is 1. The van der Waals surface area contributed by atoms with Crippen LogP contribution < -0.4 is 4.74 Å². The zero-order valence-corrected chi connectivity index (χ0v) is 20.0. The van der Waals surface area contributed by atoms with Gasteiger partial charge in [0, 0.05) is 18.9 Å².